The third-order valence-electron chi connectivity index (χ3n) is 0.360. The Morgan fingerprint density at radius 3 is 1.67 bits per heavy atom. The van der Waals surface area contributed by atoms with E-state index in [9.17, 15) is 0 Å². The summed E-state index contributed by atoms with van der Waals surface area (Å²) < 4.78 is 9.04. The van der Waals surface area contributed by atoms with Crippen LogP contribution in [0.5, 0.6) is 0 Å². The Balaban J connectivity index is 2.75. The zero-order valence-electron chi connectivity index (χ0n) is 3.84. The Morgan fingerprint density at radius 1 is 1.33 bits per heavy atom. The minimum atomic E-state index is -1.08. The first-order valence-electron chi connectivity index (χ1n) is 1.44. The van der Waals surface area contributed by atoms with Crippen molar-refractivity contribution in [1.82, 2.24) is 0 Å². The van der Waals surface area contributed by atoms with Crippen molar-refractivity contribution in [2.24, 2.45) is 5.50 Å². The fraction of sp³-hybridized carbons (Fsp3) is 1.00. The molecule has 0 radical (unpaired) electrons. The fourth-order valence-corrected chi connectivity index (χ4v) is 0.224. The summed E-state index contributed by atoms with van der Waals surface area (Å²) in [7, 11) is 1.94. The molecule has 2 N–H and O–H groups in total. The Kier molecular flexibility index (Phi) is 3.68. The Morgan fingerprint density at radius 2 is 1.67 bits per heavy atom. The van der Waals surface area contributed by atoms with Crippen LogP contribution in [0.3, 0.4) is 0 Å². The topological polar surface area (TPSA) is 44.5 Å². The monoisotopic (exact) mass is 109 g/mol. The Bertz CT molecular complexity index is 30.7. The van der Waals surface area contributed by atoms with Crippen LogP contribution in [0.15, 0.2) is 0 Å². The lowest BCUT2D eigenvalue weighted by molar-refractivity contribution is 0.341. The van der Waals surface area contributed by atoms with E-state index < -0.39 is 8.53 Å². The molecule has 0 aromatic heterocycles. The molecule has 0 aromatic rings. The Hall–Kier alpha value is 0.310. The lowest BCUT2D eigenvalue weighted by Gasteiger charge is -2.00. The zero-order valence-corrected chi connectivity index (χ0v) is 4.74. The van der Waals surface area contributed by atoms with Crippen LogP contribution in [0.4, 0.5) is 0 Å². The van der Waals surface area contributed by atoms with Crippen molar-refractivity contribution in [3.63, 3.8) is 0 Å². The second-order valence-corrected chi connectivity index (χ2v) is 1.95. The van der Waals surface area contributed by atoms with E-state index in [1.807, 2.05) is 0 Å². The smallest absolute Gasteiger partial charge is 0.252 e. The van der Waals surface area contributed by atoms with Crippen molar-refractivity contribution < 1.29 is 9.05 Å². The summed E-state index contributed by atoms with van der Waals surface area (Å²) in [6.07, 6.45) is 0. The van der Waals surface area contributed by atoms with E-state index in [1.165, 1.54) is 14.2 Å². The molecule has 0 saturated heterocycles. The van der Waals surface area contributed by atoms with Crippen LogP contribution in [-0.2, 0) is 9.05 Å². The Labute approximate surface area is 38.4 Å². The largest absolute Gasteiger partial charge is 0.326 e. The molecular formula is C2H8NO2P. The van der Waals surface area contributed by atoms with E-state index in [0.717, 1.165) is 0 Å². The molecule has 0 aliphatic heterocycles. The van der Waals surface area contributed by atoms with Crippen LogP contribution in [0.2, 0.25) is 0 Å². The average Bonchev–Trinajstić information content (AvgIpc) is 1.65. The van der Waals surface area contributed by atoms with Gasteiger partial charge >= 0.3 is 0 Å². The molecule has 0 bridgehead atoms. The standard InChI is InChI=1S/C2H8NO2P/c1-4-6(3)5-2/h3H2,1-2H3. The number of rotatable bonds is 2. The molecule has 0 heterocycles. The zero-order chi connectivity index (χ0) is 4.99. The minimum Gasteiger partial charge on any atom is -0.326 e. The second-order valence-electron chi connectivity index (χ2n) is 0.651. The van der Waals surface area contributed by atoms with Crippen molar-refractivity contribution in [3.05, 3.63) is 0 Å². The number of hydrogen-bond donors (Lipinski definition) is 1. The summed E-state index contributed by atoms with van der Waals surface area (Å²) in [4.78, 5) is 0. The van der Waals surface area contributed by atoms with E-state index in [0.29, 0.717) is 0 Å². The van der Waals surface area contributed by atoms with Crippen molar-refractivity contribution in [2.75, 3.05) is 14.2 Å². The van der Waals surface area contributed by atoms with Gasteiger partial charge in [0.15, 0.2) is 0 Å². The maximum Gasteiger partial charge on any atom is 0.252 e. The summed E-state index contributed by atoms with van der Waals surface area (Å²) in [6, 6.07) is 0. The van der Waals surface area contributed by atoms with E-state index in [2.05, 4.69) is 9.05 Å². The molecule has 4 heteroatoms. The highest BCUT2D eigenvalue weighted by Gasteiger charge is 1.90. The third-order valence-corrected chi connectivity index (χ3v) is 1.08. The van der Waals surface area contributed by atoms with Crippen molar-refractivity contribution >= 4 is 8.53 Å². The van der Waals surface area contributed by atoms with Gasteiger partial charge in [-0.1, -0.05) is 0 Å². The maximum absolute atomic E-state index is 5.09. The first kappa shape index (κ1) is 6.31. The predicted molar refractivity (Wildman–Crippen MR) is 25.1 cm³/mol. The van der Waals surface area contributed by atoms with Gasteiger partial charge in [0.1, 0.15) is 0 Å². The van der Waals surface area contributed by atoms with E-state index >= 15 is 0 Å². The molecule has 0 rings (SSSR count). The predicted octanol–water partition coefficient (Wildman–Crippen LogP) is 0.465. The normalized spacial score (nSPS) is 10.0. The lowest BCUT2D eigenvalue weighted by atomic mass is 11.8. The summed E-state index contributed by atoms with van der Waals surface area (Å²) >= 11 is 0. The van der Waals surface area contributed by atoms with Crippen LogP contribution in [-0.4, -0.2) is 14.2 Å². The molecule has 0 spiro atoms. The highest BCUT2D eigenvalue weighted by molar-refractivity contribution is 7.44. The fourth-order valence-electron chi connectivity index (χ4n) is 0.0745. The third kappa shape index (κ3) is 2.54. The highest BCUT2D eigenvalue weighted by atomic mass is 31.2. The number of nitrogens with two attached hydrogens (primary N) is 1. The van der Waals surface area contributed by atoms with Gasteiger partial charge in [0.2, 0.25) is 0 Å². The summed E-state index contributed by atoms with van der Waals surface area (Å²) in [6.45, 7) is 0. The van der Waals surface area contributed by atoms with Crippen LogP contribution < -0.4 is 5.50 Å². The van der Waals surface area contributed by atoms with Gasteiger partial charge in [-0.15, -0.1) is 0 Å². The van der Waals surface area contributed by atoms with Gasteiger partial charge in [0.25, 0.3) is 8.53 Å². The molecule has 0 amide bonds. The van der Waals surface area contributed by atoms with Crippen LogP contribution in [0.1, 0.15) is 0 Å². The molecule has 0 fully saturated rings. The van der Waals surface area contributed by atoms with Crippen molar-refractivity contribution in [2.45, 2.75) is 0 Å². The molecule has 38 valence electrons. The molecule has 0 atom stereocenters. The van der Waals surface area contributed by atoms with E-state index in [-0.39, 0.29) is 0 Å². The van der Waals surface area contributed by atoms with Crippen molar-refractivity contribution in [1.29, 1.82) is 0 Å². The first-order valence-corrected chi connectivity index (χ1v) is 2.69. The quantitative estimate of drug-likeness (QED) is 0.524. The molecule has 6 heavy (non-hydrogen) atoms. The maximum atomic E-state index is 5.09. The van der Waals surface area contributed by atoms with Crippen molar-refractivity contribution in [3.8, 4) is 0 Å². The van der Waals surface area contributed by atoms with Crippen LogP contribution in [0.25, 0.3) is 0 Å². The van der Waals surface area contributed by atoms with Gasteiger partial charge < -0.3 is 9.05 Å². The van der Waals surface area contributed by atoms with Gasteiger partial charge in [-0.05, 0) is 0 Å². The molecular weight excluding hydrogens is 101 g/mol. The van der Waals surface area contributed by atoms with E-state index in [4.69, 9.17) is 5.50 Å². The summed E-state index contributed by atoms with van der Waals surface area (Å²) in [5.41, 5.74) is 5.09. The average molecular weight is 109 g/mol. The van der Waals surface area contributed by atoms with Crippen LogP contribution in [0, 0.1) is 0 Å². The number of hydrogen-bond acceptors (Lipinski definition) is 3. The molecule has 0 aromatic carbocycles. The highest BCUT2D eigenvalue weighted by Crippen LogP contribution is 2.23. The molecule has 3 nitrogen and oxygen atoms in total. The van der Waals surface area contributed by atoms with Gasteiger partial charge in [-0.2, -0.15) is 0 Å². The lowest BCUT2D eigenvalue weighted by Crippen LogP contribution is -1.90. The summed E-state index contributed by atoms with van der Waals surface area (Å²) in [5.74, 6) is 0. The molecule has 0 saturated carbocycles. The van der Waals surface area contributed by atoms with E-state index in [1.54, 1.807) is 0 Å². The van der Waals surface area contributed by atoms with Gasteiger partial charge in [-0.3, -0.25) is 5.50 Å². The minimum absolute atomic E-state index is 1.08. The molecule has 0 unspecified atom stereocenters. The van der Waals surface area contributed by atoms with Gasteiger partial charge in [0.05, 0.1) is 0 Å². The molecule has 0 aliphatic rings. The SMILES string of the molecule is COP(N)OC. The second kappa shape index (κ2) is 3.50. The first-order chi connectivity index (χ1) is 2.81. The van der Waals surface area contributed by atoms with Crippen LogP contribution >= 0.6 is 8.53 Å². The van der Waals surface area contributed by atoms with Gasteiger partial charge in [0, 0.05) is 14.2 Å². The summed E-state index contributed by atoms with van der Waals surface area (Å²) in [5, 5.41) is 0. The van der Waals surface area contributed by atoms with Gasteiger partial charge in [-0.25, -0.2) is 0 Å². The molecule has 0 aliphatic carbocycles.